The topological polar surface area (TPSA) is 90.4 Å². The highest BCUT2D eigenvalue weighted by molar-refractivity contribution is 7.80. The lowest BCUT2D eigenvalue weighted by Gasteiger charge is -1.76. The molecule has 0 aromatic rings. The van der Waals surface area contributed by atoms with Crippen molar-refractivity contribution in [1.29, 1.82) is 0 Å². The van der Waals surface area contributed by atoms with Gasteiger partial charge in [-0.05, 0) is 38.1 Å². The van der Waals surface area contributed by atoms with Gasteiger partial charge in [-0.25, -0.2) is 0 Å². The van der Waals surface area contributed by atoms with Gasteiger partial charge in [-0.15, -0.1) is 0 Å². The molecule has 1 saturated heterocycles. The molecule has 5 N–H and O–H groups in total. The Labute approximate surface area is 83.8 Å². The maximum absolute atomic E-state index is 8.95. The summed E-state index contributed by atoms with van der Waals surface area (Å²) in [5.74, 6) is 0. The zero-order valence-corrected chi connectivity index (χ0v) is 8.60. The van der Waals surface area contributed by atoms with Crippen molar-refractivity contribution in [1.82, 2.24) is 5.32 Å². The van der Waals surface area contributed by atoms with E-state index in [0.717, 1.165) is 0 Å². The smallest absolute Gasteiger partial charge is 0.292 e. The maximum atomic E-state index is 8.95. The van der Waals surface area contributed by atoms with Gasteiger partial charge < -0.3 is 21.5 Å². The lowest BCUT2D eigenvalue weighted by molar-refractivity contribution is -0.126. The van der Waals surface area contributed by atoms with Gasteiger partial charge in [-0.1, -0.05) is 0 Å². The molecule has 0 unspecified atom stereocenters. The molecule has 0 radical (unpaired) electrons. The van der Waals surface area contributed by atoms with E-state index in [9.17, 15) is 0 Å². The molecule has 0 spiro atoms. The highest BCUT2D eigenvalue weighted by Crippen LogP contribution is 1.90. The highest BCUT2D eigenvalue weighted by Gasteiger charge is 1.93. The zero-order chi connectivity index (χ0) is 10.5. The Morgan fingerprint density at radius 1 is 1.46 bits per heavy atom. The number of carbonyl (C=O) groups excluding carboxylic acids is 1. The Kier molecular flexibility index (Phi) is 15.4. The fraction of sp³-hybridized carbons (Fsp3) is 0.714. The normalized spacial score (nSPS) is 12.7. The van der Waals surface area contributed by atoms with Crippen molar-refractivity contribution < 1.29 is 9.53 Å². The van der Waals surface area contributed by atoms with Crippen LogP contribution in [0.25, 0.3) is 0 Å². The summed E-state index contributed by atoms with van der Waals surface area (Å²) >= 11 is 4.09. The SMILES string of the molecule is C1CCNC1.COC=O.NC(N)=S. The fourth-order valence-electron chi connectivity index (χ4n) is 0.625. The van der Waals surface area contributed by atoms with E-state index in [2.05, 4.69) is 33.7 Å². The summed E-state index contributed by atoms with van der Waals surface area (Å²) in [6.07, 6.45) is 2.78. The minimum Gasteiger partial charge on any atom is -0.471 e. The van der Waals surface area contributed by atoms with E-state index in [4.69, 9.17) is 4.79 Å². The van der Waals surface area contributed by atoms with Crippen molar-refractivity contribution in [2.45, 2.75) is 12.8 Å². The minimum absolute atomic E-state index is 0.000000000000000222. The van der Waals surface area contributed by atoms with Crippen LogP contribution in [-0.4, -0.2) is 31.8 Å². The van der Waals surface area contributed by atoms with Gasteiger partial charge in [-0.3, -0.25) is 4.79 Å². The Morgan fingerprint density at radius 2 is 1.77 bits per heavy atom. The van der Waals surface area contributed by atoms with Gasteiger partial charge in [0, 0.05) is 0 Å². The van der Waals surface area contributed by atoms with Crippen LogP contribution in [0.1, 0.15) is 12.8 Å². The van der Waals surface area contributed by atoms with Crippen LogP contribution in [-0.2, 0) is 9.53 Å². The number of nitrogens with one attached hydrogen (secondary N) is 1. The van der Waals surface area contributed by atoms with Gasteiger partial charge in [0.1, 0.15) is 0 Å². The van der Waals surface area contributed by atoms with Crippen LogP contribution in [0.15, 0.2) is 0 Å². The molecule has 1 heterocycles. The average Bonchev–Trinajstić information content (AvgIpc) is 2.59. The van der Waals surface area contributed by atoms with Crippen molar-refractivity contribution in [2.24, 2.45) is 11.5 Å². The largest absolute Gasteiger partial charge is 0.471 e. The van der Waals surface area contributed by atoms with Gasteiger partial charge in [0.2, 0.25) is 0 Å². The Hall–Kier alpha value is -0.880. The van der Waals surface area contributed by atoms with E-state index >= 15 is 0 Å². The van der Waals surface area contributed by atoms with Crippen molar-refractivity contribution in [3.05, 3.63) is 0 Å². The van der Waals surface area contributed by atoms with Crippen LogP contribution in [0, 0.1) is 0 Å². The molecule has 0 saturated carbocycles. The standard InChI is InChI=1S/C4H9N.C2H4O2.CH4N2S/c1-2-4-5-3-1;1-4-2-3;2-1(3)4/h5H,1-4H2;2H,1H3;(H4,2,3,4). The van der Waals surface area contributed by atoms with Crippen molar-refractivity contribution in [3.8, 4) is 0 Å². The van der Waals surface area contributed by atoms with E-state index in [-0.39, 0.29) is 5.11 Å². The Bertz CT molecular complexity index is 117. The number of carbonyl (C=O) groups is 1. The van der Waals surface area contributed by atoms with Gasteiger partial charge in [-0.2, -0.15) is 0 Å². The van der Waals surface area contributed by atoms with Crippen LogP contribution >= 0.6 is 12.2 Å². The first-order valence-corrected chi connectivity index (χ1v) is 4.28. The number of nitrogens with two attached hydrogens (primary N) is 2. The lowest BCUT2D eigenvalue weighted by atomic mass is 10.4. The van der Waals surface area contributed by atoms with Crippen molar-refractivity contribution >= 4 is 23.8 Å². The molecule has 78 valence electrons. The highest BCUT2D eigenvalue weighted by atomic mass is 32.1. The zero-order valence-electron chi connectivity index (χ0n) is 7.79. The molecule has 13 heavy (non-hydrogen) atoms. The Balaban J connectivity index is 0. The molecule has 5 nitrogen and oxygen atoms in total. The summed E-state index contributed by atoms with van der Waals surface area (Å²) in [7, 11) is 1.31. The number of thiocarbonyl (C=S) groups is 1. The van der Waals surface area contributed by atoms with Gasteiger partial charge >= 0.3 is 0 Å². The van der Waals surface area contributed by atoms with Gasteiger partial charge in [0.15, 0.2) is 5.11 Å². The number of hydrogen-bond donors (Lipinski definition) is 3. The van der Waals surface area contributed by atoms with Crippen LogP contribution in [0.4, 0.5) is 0 Å². The monoisotopic (exact) mass is 207 g/mol. The average molecular weight is 207 g/mol. The molecule has 0 atom stereocenters. The van der Waals surface area contributed by atoms with Gasteiger partial charge in [0.05, 0.1) is 7.11 Å². The summed E-state index contributed by atoms with van der Waals surface area (Å²) in [6, 6.07) is 0. The molecule has 1 rings (SSSR count). The molecule has 0 aliphatic carbocycles. The summed E-state index contributed by atoms with van der Waals surface area (Å²) in [6.45, 7) is 2.88. The van der Waals surface area contributed by atoms with E-state index in [1.807, 2.05) is 0 Å². The summed E-state index contributed by atoms with van der Waals surface area (Å²) in [4.78, 5) is 8.95. The number of methoxy groups -OCH3 is 1. The van der Waals surface area contributed by atoms with E-state index in [0.29, 0.717) is 6.47 Å². The molecule has 0 aromatic carbocycles. The lowest BCUT2D eigenvalue weighted by Crippen LogP contribution is -2.18. The second-order valence-corrected chi connectivity index (χ2v) is 2.66. The van der Waals surface area contributed by atoms with Crippen molar-refractivity contribution in [3.63, 3.8) is 0 Å². The maximum Gasteiger partial charge on any atom is 0.292 e. The first kappa shape index (κ1) is 14.6. The molecule has 1 aliphatic heterocycles. The summed E-state index contributed by atoms with van der Waals surface area (Å²) in [5.41, 5.74) is 9.24. The molecule has 0 aromatic heterocycles. The first-order chi connectivity index (χ1) is 6.15. The molecule has 1 fully saturated rings. The third-order valence-electron chi connectivity index (χ3n) is 1.05. The van der Waals surface area contributed by atoms with E-state index < -0.39 is 0 Å². The minimum atomic E-state index is 0.000000000000000222. The number of hydrogen-bond acceptors (Lipinski definition) is 4. The third kappa shape index (κ3) is 35.3. The summed E-state index contributed by atoms with van der Waals surface area (Å²) in [5, 5.41) is 3.22. The molecule has 0 bridgehead atoms. The predicted molar refractivity (Wildman–Crippen MR) is 56.1 cm³/mol. The van der Waals surface area contributed by atoms with Crippen molar-refractivity contribution in [2.75, 3.05) is 20.2 Å². The molecule has 6 heteroatoms. The van der Waals surface area contributed by atoms with Crippen LogP contribution < -0.4 is 16.8 Å². The van der Waals surface area contributed by atoms with Crippen LogP contribution in [0.5, 0.6) is 0 Å². The molecular weight excluding hydrogens is 190 g/mol. The van der Waals surface area contributed by atoms with Crippen LogP contribution in [0.3, 0.4) is 0 Å². The van der Waals surface area contributed by atoms with E-state index in [1.54, 1.807) is 0 Å². The Morgan fingerprint density at radius 3 is 1.85 bits per heavy atom. The summed E-state index contributed by atoms with van der Waals surface area (Å²) < 4.78 is 3.86. The fourth-order valence-corrected chi connectivity index (χ4v) is 0.625. The first-order valence-electron chi connectivity index (χ1n) is 3.87. The quantitative estimate of drug-likeness (QED) is 0.391. The van der Waals surface area contributed by atoms with E-state index in [1.165, 1.54) is 33.0 Å². The molecular formula is C7H17N3O2S. The molecule has 0 amide bonds. The number of ether oxygens (including phenoxy) is 1. The molecule has 1 aliphatic rings. The predicted octanol–water partition coefficient (Wildman–Crippen LogP) is -0.652. The van der Waals surface area contributed by atoms with Crippen LogP contribution in [0.2, 0.25) is 0 Å². The van der Waals surface area contributed by atoms with Gasteiger partial charge in [0.25, 0.3) is 6.47 Å². The number of rotatable bonds is 1. The third-order valence-corrected chi connectivity index (χ3v) is 1.05. The second-order valence-electron chi connectivity index (χ2n) is 2.19. The second kappa shape index (κ2) is 13.7.